The summed E-state index contributed by atoms with van der Waals surface area (Å²) in [6.45, 7) is 9.78. The molecule has 0 saturated carbocycles. The molecule has 0 aliphatic carbocycles. The number of amides is 4. The Labute approximate surface area is 450 Å². The first-order chi connectivity index (χ1) is 35.2. The lowest BCUT2D eigenvalue weighted by Crippen LogP contribution is -2.41. The average molecular weight is 1120 g/mol. The van der Waals surface area contributed by atoms with Gasteiger partial charge in [-0.25, -0.2) is 4.79 Å². The molecule has 430 valence electrons. The van der Waals surface area contributed by atoms with Crippen LogP contribution in [0.4, 0.5) is 0 Å². The van der Waals surface area contributed by atoms with Gasteiger partial charge in [-0.15, -0.1) is 12.6 Å². The van der Waals surface area contributed by atoms with Gasteiger partial charge in [0.25, 0.3) is 0 Å². The third kappa shape index (κ3) is 61.7. The standard InChI is InChI=1S/C35H65N3O11.C7H15N2O3P.C4H10NOPS2.C2H6/c1-2-46-25-26-47-24-22-37-33(41)29-49-28-27-48-23-21-36-31(39)20-19-30(35(44)45)38-32(40)17-15-13-11-9-7-5-3-4-6-8-10-12-14-16-18-34(42)43;10-5-8-4-2-1-3-6(9-13)7(11)12;1-9-2-3(5-7)4(6)8;1-2/h30H,2-29H2,1H3,(H,36,39)(H,37,41)(H,38,40)(H,42,43)(H,44,45);5-6,9H,1-4,13H2,(H,8,10)(H,11,12);3,5H,2,7H2,1H3,(H,6,8);1-2H3/t30-;6-;3-;/m000./s1. The lowest BCUT2D eigenvalue weighted by molar-refractivity contribution is -0.142. The molecule has 9 N–H and O–H groups in total. The van der Waals surface area contributed by atoms with E-state index in [0.717, 1.165) is 57.1 Å². The fourth-order valence-corrected chi connectivity index (χ4v) is 7.93. The van der Waals surface area contributed by atoms with Crippen LogP contribution in [0.5, 0.6) is 0 Å². The highest BCUT2D eigenvalue weighted by Gasteiger charge is 2.21. The van der Waals surface area contributed by atoms with Gasteiger partial charge in [0.15, 0.2) is 0 Å². The fraction of sp³-hybridized carbons (Fsp3) is 0.833. The summed E-state index contributed by atoms with van der Waals surface area (Å²) in [5.74, 6) is -2.85. The molecule has 0 rings (SSSR count). The first-order valence-electron chi connectivity index (χ1n) is 25.8. The molecule has 4 amide bonds. The van der Waals surface area contributed by atoms with E-state index >= 15 is 0 Å². The summed E-state index contributed by atoms with van der Waals surface area (Å²) >= 11 is 5.30. The van der Waals surface area contributed by atoms with Crippen molar-refractivity contribution in [1.29, 1.82) is 0 Å². The molecule has 0 aromatic rings. The lowest BCUT2D eigenvalue weighted by atomic mass is 10.0. The van der Waals surface area contributed by atoms with Gasteiger partial charge in [0.1, 0.15) is 18.7 Å². The number of rotatable bonds is 49. The molecule has 2 unspecified atom stereocenters. The molecule has 0 spiro atoms. The van der Waals surface area contributed by atoms with Crippen molar-refractivity contribution in [3.05, 3.63) is 0 Å². The smallest absolute Gasteiger partial charge is 0.326 e. The van der Waals surface area contributed by atoms with Crippen molar-refractivity contribution < 1.29 is 72.6 Å². The summed E-state index contributed by atoms with van der Waals surface area (Å²) in [6.07, 6.45) is 20.4. The maximum atomic E-state index is 12.3. The second-order valence-corrected chi connectivity index (χ2v) is 18.2. The predicted molar refractivity (Wildman–Crippen MR) is 298 cm³/mol. The first kappa shape index (κ1) is 76.8. The second-order valence-electron chi connectivity index (χ2n) is 16.2. The summed E-state index contributed by atoms with van der Waals surface area (Å²) in [4.78, 5) is 89.0. The number of carbonyl (C=O) groups excluding carboxylic acids is 5. The number of thiol groups is 1. The second kappa shape index (κ2) is 61.8. The number of nitrogens with one attached hydrogen (secondary N) is 6. The fourth-order valence-electron chi connectivity index (χ4n) is 6.17. The summed E-state index contributed by atoms with van der Waals surface area (Å²) in [6, 6.07) is -1.76. The first-order valence-corrected chi connectivity index (χ1v) is 28.8. The SMILES string of the molecule is CC.CCOCCOCCNC(=O)COCCOCCNC(=O)CC[C@H](NC(=O)CCCCCCCCCCCCCCCCC(=O)O)C(=O)O.CSC[C@H](NP)C(=O)S.O=CNCCCC[C@H](NP)C(=O)O. The van der Waals surface area contributed by atoms with E-state index in [1.807, 2.05) is 27.0 Å². The molecule has 0 fully saturated rings. The number of carboxylic acids is 3. The number of aliphatic carboxylic acids is 3. The number of hydrogen-bond donors (Lipinski definition) is 10. The van der Waals surface area contributed by atoms with Crippen LogP contribution in [0.25, 0.3) is 0 Å². The van der Waals surface area contributed by atoms with E-state index in [4.69, 9.17) is 29.2 Å². The van der Waals surface area contributed by atoms with Crippen LogP contribution in [0.2, 0.25) is 0 Å². The average Bonchev–Trinajstić information content (AvgIpc) is 3.36. The van der Waals surface area contributed by atoms with Crippen LogP contribution in [-0.2, 0) is 57.3 Å². The number of thioether (sulfide) groups is 1. The Morgan fingerprint density at radius 3 is 1.44 bits per heavy atom. The zero-order chi connectivity index (χ0) is 55.6. The van der Waals surface area contributed by atoms with Crippen LogP contribution < -0.4 is 31.4 Å². The number of unbranched alkanes of at least 4 members (excludes halogenated alkanes) is 14. The topological polar surface area (TPSA) is 306 Å². The van der Waals surface area contributed by atoms with Gasteiger partial charge in [0.05, 0.1) is 45.7 Å². The Bertz CT molecular complexity index is 1370. The van der Waals surface area contributed by atoms with Crippen molar-refractivity contribution in [2.45, 2.75) is 174 Å². The molecule has 21 nitrogen and oxygen atoms in total. The van der Waals surface area contributed by atoms with Crippen molar-refractivity contribution in [3.63, 3.8) is 0 Å². The quantitative estimate of drug-likeness (QED) is 0.0160. The summed E-state index contributed by atoms with van der Waals surface area (Å²) in [7, 11) is 4.50. The van der Waals surface area contributed by atoms with E-state index in [1.54, 1.807) is 11.8 Å². The van der Waals surface area contributed by atoms with Gasteiger partial charge in [-0.2, -0.15) is 11.8 Å². The van der Waals surface area contributed by atoms with Gasteiger partial charge in [-0.3, -0.25) is 43.7 Å². The molecule has 0 heterocycles. The van der Waals surface area contributed by atoms with Crippen LogP contribution in [0, 0.1) is 0 Å². The molecule has 0 aliphatic heterocycles. The van der Waals surface area contributed by atoms with E-state index < -0.39 is 30.0 Å². The summed E-state index contributed by atoms with van der Waals surface area (Å²) in [5.41, 5.74) is 0. The van der Waals surface area contributed by atoms with E-state index in [2.05, 4.69) is 62.9 Å². The van der Waals surface area contributed by atoms with Crippen molar-refractivity contribution in [2.75, 3.05) is 84.5 Å². The van der Waals surface area contributed by atoms with Crippen molar-refractivity contribution in [1.82, 2.24) is 31.4 Å². The van der Waals surface area contributed by atoms with E-state index in [9.17, 15) is 43.5 Å². The molecule has 73 heavy (non-hydrogen) atoms. The molecule has 25 heteroatoms. The Balaban J connectivity index is -0.000000807. The molecular formula is C48H96N6O15P2S2. The summed E-state index contributed by atoms with van der Waals surface area (Å²) in [5, 5.41) is 42.4. The predicted octanol–water partition coefficient (Wildman–Crippen LogP) is 5.30. The van der Waals surface area contributed by atoms with Gasteiger partial charge < -0.3 is 55.5 Å². The molecule has 0 saturated heterocycles. The van der Waals surface area contributed by atoms with Crippen molar-refractivity contribution >= 4 is 90.3 Å². The van der Waals surface area contributed by atoms with Crippen LogP contribution in [0.1, 0.15) is 156 Å². The van der Waals surface area contributed by atoms with Crippen LogP contribution in [-0.4, -0.2) is 165 Å². The minimum atomic E-state index is -1.17. The van der Waals surface area contributed by atoms with E-state index in [0.29, 0.717) is 58.8 Å². The molecule has 0 aromatic carbocycles. The number of ether oxygens (including phenoxy) is 4. The third-order valence-corrected chi connectivity index (χ3v) is 11.9. The Morgan fingerprint density at radius 2 is 1.01 bits per heavy atom. The highest BCUT2D eigenvalue weighted by atomic mass is 32.2. The summed E-state index contributed by atoms with van der Waals surface area (Å²) < 4.78 is 21.1. The minimum Gasteiger partial charge on any atom is -0.481 e. The third-order valence-electron chi connectivity index (χ3n) is 10.1. The minimum absolute atomic E-state index is 0.00411. The number of carboxylic acid groups (broad SMARTS) is 3. The largest absolute Gasteiger partial charge is 0.481 e. The van der Waals surface area contributed by atoms with Gasteiger partial charge in [0, 0.05) is 51.3 Å². The van der Waals surface area contributed by atoms with Crippen molar-refractivity contribution in [3.8, 4) is 0 Å². The Morgan fingerprint density at radius 1 is 0.548 bits per heavy atom. The number of carbonyl (C=O) groups is 8. The monoisotopic (exact) mass is 1120 g/mol. The van der Waals surface area contributed by atoms with Gasteiger partial charge >= 0.3 is 17.9 Å². The van der Waals surface area contributed by atoms with Gasteiger partial charge in [-0.05, 0) is 51.7 Å². The highest BCUT2D eigenvalue weighted by Crippen LogP contribution is 2.14. The normalized spacial score (nSPS) is 11.7. The Hall–Kier alpha value is -2.72. The maximum absolute atomic E-state index is 12.3. The molecule has 0 aliphatic rings. The van der Waals surface area contributed by atoms with Crippen LogP contribution in [0.3, 0.4) is 0 Å². The van der Waals surface area contributed by atoms with Gasteiger partial charge in [0.2, 0.25) is 29.2 Å². The van der Waals surface area contributed by atoms with Crippen LogP contribution >= 0.6 is 43.2 Å². The zero-order valence-corrected chi connectivity index (χ0v) is 48.4. The lowest BCUT2D eigenvalue weighted by Gasteiger charge is -2.14. The van der Waals surface area contributed by atoms with Gasteiger partial charge in [-0.1, -0.05) is 110 Å². The zero-order valence-electron chi connectivity index (χ0n) is 44.4. The molecule has 0 radical (unpaired) electrons. The molecule has 5 atom stereocenters. The molecular weight excluding hydrogens is 1030 g/mol. The molecule has 0 aromatic heterocycles. The Kier molecular flexibility index (Phi) is 65.0. The van der Waals surface area contributed by atoms with Crippen LogP contribution in [0.15, 0.2) is 0 Å². The molecule has 0 bridgehead atoms. The number of hydrogen-bond acceptors (Lipinski definition) is 15. The van der Waals surface area contributed by atoms with Crippen molar-refractivity contribution in [2.24, 2.45) is 0 Å². The maximum Gasteiger partial charge on any atom is 0.326 e. The highest BCUT2D eigenvalue weighted by molar-refractivity contribution is 7.99. The van der Waals surface area contributed by atoms with E-state index in [1.165, 1.54) is 44.9 Å². The van der Waals surface area contributed by atoms with E-state index in [-0.39, 0.29) is 87.5 Å².